The number of hydrogen-bond donors (Lipinski definition) is 1. The zero-order valence-electron chi connectivity index (χ0n) is 12.3. The largest absolute Gasteiger partial charge is 0.368 e. The molecule has 2 aromatic rings. The van der Waals surface area contributed by atoms with Gasteiger partial charge < -0.3 is 10.6 Å². The highest BCUT2D eigenvalue weighted by atomic mass is 15.2. The average molecular weight is 282 g/mol. The van der Waals surface area contributed by atoms with Gasteiger partial charge in [0, 0.05) is 18.0 Å². The lowest BCUT2D eigenvalue weighted by Gasteiger charge is -2.45. The van der Waals surface area contributed by atoms with Crippen LogP contribution in [0.1, 0.15) is 38.5 Å². The van der Waals surface area contributed by atoms with Gasteiger partial charge >= 0.3 is 0 Å². The first kappa shape index (κ1) is 12.9. The van der Waals surface area contributed by atoms with E-state index in [1.54, 1.807) is 0 Å². The molecule has 4 rings (SSSR count). The number of nitrogen functional groups attached to an aromatic ring is 1. The number of aromatic nitrogens is 2. The normalized spacial score (nSPS) is 25.8. The van der Waals surface area contributed by atoms with Crippen LogP contribution >= 0.6 is 0 Å². The van der Waals surface area contributed by atoms with Gasteiger partial charge in [-0.05, 0) is 43.7 Å². The summed E-state index contributed by atoms with van der Waals surface area (Å²) in [6.07, 6.45) is 8.04. The number of rotatable bonds is 1. The molecule has 0 radical (unpaired) electrons. The minimum absolute atomic E-state index is 0.390. The molecule has 1 aromatic heterocycles. The third-order valence-corrected chi connectivity index (χ3v) is 5.12. The Morgan fingerprint density at radius 1 is 1.00 bits per heavy atom. The number of anilines is 2. The maximum atomic E-state index is 5.95. The number of hydrogen-bond acceptors (Lipinski definition) is 4. The molecule has 0 spiro atoms. The van der Waals surface area contributed by atoms with Gasteiger partial charge in [-0.25, -0.2) is 4.98 Å². The molecule has 2 fully saturated rings. The van der Waals surface area contributed by atoms with Crippen molar-refractivity contribution in [1.82, 2.24) is 9.97 Å². The summed E-state index contributed by atoms with van der Waals surface area (Å²) in [5.41, 5.74) is 6.91. The molecule has 4 heteroatoms. The highest BCUT2D eigenvalue weighted by Crippen LogP contribution is 2.39. The van der Waals surface area contributed by atoms with Crippen molar-refractivity contribution in [3.63, 3.8) is 0 Å². The van der Waals surface area contributed by atoms with E-state index in [1.165, 1.54) is 38.5 Å². The monoisotopic (exact) mass is 282 g/mol. The van der Waals surface area contributed by atoms with Gasteiger partial charge in [0.25, 0.3) is 0 Å². The molecule has 1 saturated carbocycles. The molecule has 110 valence electrons. The topological polar surface area (TPSA) is 55.0 Å². The van der Waals surface area contributed by atoms with Gasteiger partial charge in [0.2, 0.25) is 5.95 Å². The number of nitrogens with zero attached hydrogens (tertiary/aromatic N) is 3. The van der Waals surface area contributed by atoms with E-state index in [-0.39, 0.29) is 0 Å². The molecule has 1 aromatic carbocycles. The summed E-state index contributed by atoms with van der Waals surface area (Å²) in [6.45, 7) is 1.10. The number of para-hydroxylation sites is 1. The molecule has 4 nitrogen and oxygen atoms in total. The average Bonchev–Trinajstić information content (AvgIpc) is 2.53. The van der Waals surface area contributed by atoms with E-state index < -0.39 is 0 Å². The summed E-state index contributed by atoms with van der Waals surface area (Å²) in [5.74, 6) is 2.28. The van der Waals surface area contributed by atoms with Crippen LogP contribution in [0.25, 0.3) is 10.9 Å². The summed E-state index contributed by atoms with van der Waals surface area (Å²) in [5, 5.41) is 1.14. The van der Waals surface area contributed by atoms with Crippen LogP contribution in [0.3, 0.4) is 0 Å². The van der Waals surface area contributed by atoms with Crippen molar-refractivity contribution in [2.24, 2.45) is 5.92 Å². The van der Waals surface area contributed by atoms with Crippen molar-refractivity contribution in [1.29, 1.82) is 0 Å². The summed E-state index contributed by atoms with van der Waals surface area (Å²) >= 11 is 0. The lowest BCUT2D eigenvalue weighted by molar-refractivity contribution is 0.243. The zero-order chi connectivity index (χ0) is 14.2. The molecule has 1 aliphatic carbocycles. The Hall–Kier alpha value is -1.84. The number of fused-ring (bicyclic) bond motifs is 2. The number of benzene rings is 1. The van der Waals surface area contributed by atoms with Crippen LogP contribution in [0.5, 0.6) is 0 Å². The lowest BCUT2D eigenvalue weighted by atomic mass is 9.78. The maximum absolute atomic E-state index is 5.95. The molecular weight excluding hydrogens is 260 g/mol. The molecule has 1 saturated heterocycles. The standard InChI is InChI=1S/C17H22N4/c18-17-19-14-9-3-2-8-13(14)16(20-17)21-11-5-7-12-6-1-4-10-15(12)21/h2-3,8-9,12,15H,1,4-7,10-11H2,(H2,18,19,20)/t12-,15-/m1/s1. The third-order valence-electron chi connectivity index (χ3n) is 5.12. The summed E-state index contributed by atoms with van der Waals surface area (Å²) in [7, 11) is 0. The van der Waals surface area contributed by atoms with E-state index in [0.717, 1.165) is 29.2 Å². The van der Waals surface area contributed by atoms with Crippen molar-refractivity contribution < 1.29 is 0 Å². The summed E-state index contributed by atoms with van der Waals surface area (Å²) in [4.78, 5) is 11.5. The Kier molecular flexibility index (Phi) is 3.17. The fourth-order valence-corrected chi connectivity index (χ4v) is 4.18. The predicted octanol–water partition coefficient (Wildman–Crippen LogP) is 3.37. The summed E-state index contributed by atoms with van der Waals surface area (Å²) < 4.78 is 0. The van der Waals surface area contributed by atoms with Crippen molar-refractivity contribution in [2.75, 3.05) is 17.2 Å². The molecule has 2 N–H and O–H groups in total. The second-order valence-corrected chi connectivity index (χ2v) is 6.37. The molecule has 2 atom stereocenters. The number of piperidine rings is 1. The minimum Gasteiger partial charge on any atom is -0.368 e. The van der Waals surface area contributed by atoms with Crippen LogP contribution in [-0.4, -0.2) is 22.6 Å². The molecule has 0 bridgehead atoms. The Labute approximate surface area is 125 Å². The SMILES string of the molecule is Nc1nc(N2CCC[C@H]3CCCC[C@H]32)c2ccccc2n1. The van der Waals surface area contributed by atoms with Gasteiger partial charge in [0.15, 0.2) is 0 Å². The van der Waals surface area contributed by atoms with Crippen molar-refractivity contribution >= 4 is 22.7 Å². The molecule has 0 amide bonds. The lowest BCUT2D eigenvalue weighted by Crippen LogP contribution is -2.47. The van der Waals surface area contributed by atoms with Gasteiger partial charge in [-0.2, -0.15) is 4.98 Å². The molecule has 2 aliphatic rings. The van der Waals surface area contributed by atoms with E-state index in [4.69, 9.17) is 5.73 Å². The fraction of sp³-hybridized carbons (Fsp3) is 0.529. The first-order valence-electron chi connectivity index (χ1n) is 8.12. The highest BCUT2D eigenvalue weighted by molar-refractivity contribution is 5.90. The maximum Gasteiger partial charge on any atom is 0.222 e. The Balaban J connectivity index is 1.81. The van der Waals surface area contributed by atoms with Crippen molar-refractivity contribution in [2.45, 2.75) is 44.6 Å². The van der Waals surface area contributed by atoms with E-state index in [0.29, 0.717) is 12.0 Å². The predicted molar refractivity (Wildman–Crippen MR) is 86.3 cm³/mol. The second-order valence-electron chi connectivity index (χ2n) is 6.37. The zero-order valence-corrected chi connectivity index (χ0v) is 12.3. The summed E-state index contributed by atoms with van der Waals surface area (Å²) in [6, 6.07) is 8.87. The molecular formula is C17H22N4. The Morgan fingerprint density at radius 2 is 1.81 bits per heavy atom. The van der Waals surface area contributed by atoms with Crippen LogP contribution in [0.15, 0.2) is 24.3 Å². The third kappa shape index (κ3) is 2.23. The van der Waals surface area contributed by atoms with Gasteiger partial charge in [0.1, 0.15) is 5.82 Å². The van der Waals surface area contributed by atoms with Crippen molar-refractivity contribution in [3.05, 3.63) is 24.3 Å². The van der Waals surface area contributed by atoms with E-state index in [2.05, 4.69) is 27.0 Å². The first-order valence-corrected chi connectivity index (χ1v) is 8.12. The smallest absolute Gasteiger partial charge is 0.222 e. The van der Waals surface area contributed by atoms with Gasteiger partial charge in [-0.3, -0.25) is 0 Å². The van der Waals surface area contributed by atoms with Crippen LogP contribution in [0.4, 0.5) is 11.8 Å². The Morgan fingerprint density at radius 3 is 2.76 bits per heavy atom. The first-order chi connectivity index (χ1) is 10.3. The molecule has 2 heterocycles. The molecule has 21 heavy (non-hydrogen) atoms. The second kappa shape index (κ2) is 5.17. The van der Waals surface area contributed by atoms with Crippen LogP contribution in [0, 0.1) is 5.92 Å². The number of nitrogens with two attached hydrogens (primary N) is 1. The van der Waals surface area contributed by atoms with E-state index in [9.17, 15) is 0 Å². The van der Waals surface area contributed by atoms with Crippen molar-refractivity contribution in [3.8, 4) is 0 Å². The van der Waals surface area contributed by atoms with Gasteiger partial charge in [-0.1, -0.05) is 25.0 Å². The van der Waals surface area contributed by atoms with Crippen LogP contribution < -0.4 is 10.6 Å². The minimum atomic E-state index is 0.390. The van der Waals surface area contributed by atoms with Gasteiger partial charge in [-0.15, -0.1) is 0 Å². The molecule has 1 aliphatic heterocycles. The quantitative estimate of drug-likeness (QED) is 0.871. The van der Waals surface area contributed by atoms with E-state index in [1.807, 2.05) is 12.1 Å². The van der Waals surface area contributed by atoms with E-state index >= 15 is 0 Å². The van der Waals surface area contributed by atoms with Crippen LogP contribution in [-0.2, 0) is 0 Å². The fourth-order valence-electron chi connectivity index (χ4n) is 4.18. The van der Waals surface area contributed by atoms with Crippen LogP contribution in [0.2, 0.25) is 0 Å². The molecule has 0 unspecified atom stereocenters. The highest BCUT2D eigenvalue weighted by Gasteiger charge is 2.34. The Bertz CT molecular complexity index is 652. The van der Waals surface area contributed by atoms with Gasteiger partial charge in [0.05, 0.1) is 5.52 Å².